The molecule has 1 saturated heterocycles. The molecule has 1 N–H and O–H groups in total. The SMILES string of the molecule is COC(=O)C(c1ccccc1F)N1CC[C@H](SC)/C(=C\C(=O)O)C1. The van der Waals surface area contributed by atoms with E-state index >= 15 is 0 Å². The Hall–Kier alpha value is -1.86. The lowest BCUT2D eigenvalue weighted by molar-refractivity contribution is -0.147. The molecule has 5 nitrogen and oxygen atoms in total. The second-order valence-electron chi connectivity index (χ2n) is 5.49. The summed E-state index contributed by atoms with van der Waals surface area (Å²) in [7, 11) is 1.26. The van der Waals surface area contributed by atoms with Crippen molar-refractivity contribution in [2.45, 2.75) is 17.7 Å². The molecule has 1 unspecified atom stereocenters. The van der Waals surface area contributed by atoms with Gasteiger partial charge in [-0.3, -0.25) is 4.90 Å². The van der Waals surface area contributed by atoms with Crippen molar-refractivity contribution in [1.82, 2.24) is 4.90 Å². The highest BCUT2D eigenvalue weighted by Crippen LogP contribution is 2.33. The maximum absolute atomic E-state index is 14.2. The fourth-order valence-electron chi connectivity index (χ4n) is 2.95. The Labute approximate surface area is 144 Å². The number of carbonyl (C=O) groups is 2. The minimum absolute atomic E-state index is 0.0799. The molecule has 1 aromatic rings. The first-order valence-corrected chi connectivity index (χ1v) is 8.79. The summed E-state index contributed by atoms with van der Waals surface area (Å²) in [5.74, 6) is -2.06. The van der Waals surface area contributed by atoms with Crippen molar-refractivity contribution in [2.24, 2.45) is 0 Å². The van der Waals surface area contributed by atoms with Gasteiger partial charge in [-0.15, -0.1) is 0 Å². The third-order valence-corrected chi connectivity index (χ3v) is 5.17. The number of ether oxygens (including phenoxy) is 1. The van der Waals surface area contributed by atoms with Crippen LogP contribution in [0.1, 0.15) is 18.0 Å². The van der Waals surface area contributed by atoms with E-state index in [1.165, 1.54) is 19.3 Å². The number of nitrogens with zero attached hydrogens (tertiary/aromatic N) is 1. The minimum Gasteiger partial charge on any atom is -0.478 e. The second kappa shape index (κ2) is 8.30. The maximum Gasteiger partial charge on any atom is 0.328 e. The largest absolute Gasteiger partial charge is 0.478 e. The highest BCUT2D eigenvalue weighted by Gasteiger charge is 2.35. The number of hydrogen-bond donors (Lipinski definition) is 1. The van der Waals surface area contributed by atoms with Gasteiger partial charge in [0.15, 0.2) is 0 Å². The molecule has 0 bridgehead atoms. The van der Waals surface area contributed by atoms with Gasteiger partial charge in [0.05, 0.1) is 7.11 Å². The Morgan fingerprint density at radius 2 is 2.17 bits per heavy atom. The van der Waals surface area contributed by atoms with E-state index in [4.69, 9.17) is 9.84 Å². The number of carboxylic acids is 1. The summed E-state index contributed by atoms with van der Waals surface area (Å²) in [6.07, 6.45) is 3.79. The van der Waals surface area contributed by atoms with Crippen molar-refractivity contribution in [3.05, 3.63) is 47.3 Å². The van der Waals surface area contributed by atoms with Crippen molar-refractivity contribution in [3.8, 4) is 0 Å². The van der Waals surface area contributed by atoms with Crippen LogP contribution in [0, 0.1) is 5.82 Å². The topological polar surface area (TPSA) is 66.8 Å². The first kappa shape index (κ1) is 18.5. The first-order chi connectivity index (χ1) is 11.5. The molecule has 1 fully saturated rings. The Morgan fingerprint density at radius 1 is 1.46 bits per heavy atom. The van der Waals surface area contributed by atoms with Crippen LogP contribution in [0.25, 0.3) is 0 Å². The van der Waals surface area contributed by atoms with Gasteiger partial charge in [-0.05, 0) is 24.3 Å². The number of likely N-dealkylation sites (tertiary alicyclic amines) is 1. The van der Waals surface area contributed by atoms with Gasteiger partial charge in [0.25, 0.3) is 0 Å². The zero-order valence-corrected chi connectivity index (χ0v) is 14.4. The van der Waals surface area contributed by atoms with Crippen molar-refractivity contribution in [1.29, 1.82) is 0 Å². The molecule has 0 saturated carbocycles. The number of esters is 1. The molecule has 2 rings (SSSR count). The third-order valence-electron chi connectivity index (χ3n) is 4.06. The van der Waals surface area contributed by atoms with Crippen LogP contribution < -0.4 is 0 Å². The van der Waals surface area contributed by atoms with Crippen LogP contribution in [0.5, 0.6) is 0 Å². The molecular weight excluding hydrogens is 333 g/mol. The number of thioether (sulfide) groups is 1. The van der Waals surface area contributed by atoms with Gasteiger partial charge >= 0.3 is 11.9 Å². The normalized spacial score (nSPS) is 21.5. The number of halogens is 1. The van der Waals surface area contributed by atoms with Crippen LogP contribution in [0.4, 0.5) is 4.39 Å². The van der Waals surface area contributed by atoms with Gasteiger partial charge in [-0.1, -0.05) is 18.2 Å². The Kier molecular flexibility index (Phi) is 6.39. The molecule has 0 radical (unpaired) electrons. The third kappa shape index (κ3) is 4.15. The number of piperidine rings is 1. The number of carbonyl (C=O) groups excluding carboxylic acids is 1. The standard InChI is InChI=1S/C17H20FNO4S/c1-23-17(22)16(12-5-3-4-6-13(12)18)19-8-7-14(24-2)11(10-19)9-15(20)21/h3-6,9,14,16H,7-8,10H2,1-2H3,(H,20,21)/b11-9-/t14-,16?/m0/s1. The number of hydrogen-bond acceptors (Lipinski definition) is 5. The summed E-state index contributed by atoms with van der Waals surface area (Å²) >= 11 is 1.57. The van der Waals surface area contributed by atoms with Gasteiger partial charge in [0, 0.05) is 30.0 Å². The highest BCUT2D eigenvalue weighted by molar-refractivity contribution is 7.99. The van der Waals surface area contributed by atoms with Crippen LogP contribution >= 0.6 is 11.8 Å². The molecule has 0 aliphatic carbocycles. The summed E-state index contributed by atoms with van der Waals surface area (Å²) in [4.78, 5) is 25.1. The molecule has 2 atom stereocenters. The van der Waals surface area contributed by atoms with Crippen LogP contribution in [0.15, 0.2) is 35.9 Å². The quantitative estimate of drug-likeness (QED) is 0.648. The molecule has 24 heavy (non-hydrogen) atoms. The molecule has 1 aromatic carbocycles. The molecule has 1 heterocycles. The van der Waals surface area contributed by atoms with Gasteiger partial charge < -0.3 is 9.84 Å². The predicted octanol–water partition coefficient (Wildman–Crippen LogP) is 2.49. The van der Waals surface area contributed by atoms with E-state index in [2.05, 4.69) is 0 Å². The average Bonchev–Trinajstić information content (AvgIpc) is 2.56. The molecule has 7 heteroatoms. The van der Waals surface area contributed by atoms with E-state index in [-0.39, 0.29) is 17.4 Å². The maximum atomic E-state index is 14.2. The van der Waals surface area contributed by atoms with Gasteiger partial charge in [0.2, 0.25) is 0 Å². The minimum atomic E-state index is -1.02. The fraction of sp³-hybridized carbons (Fsp3) is 0.412. The van der Waals surface area contributed by atoms with Crippen molar-refractivity contribution in [3.63, 3.8) is 0 Å². The second-order valence-corrected chi connectivity index (χ2v) is 6.53. The Morgan fingerprint density at radius 3 is 2.75 bits per heavy atom. The van der Waals surface area contributed by atoms with E-state index in [9.17, 15) is 14.0 Å². The van der Waals surface area contributed by atoms with Crippen molar-refractivity contribution < 1.29 is 23.8 Å². The summed E-state index contributed by atoms with van der Waals surface area (Å²) < 4.78 is 19.1. The number of rotatable bonds is 5. The number of benzene rings is 1. The van der Waals surface area contributed by atoms with Crippen LogP contribution in [0.2, 0.25) is 0 Å². The predicted molar refractivity (Wildman–Crippen MR) is 90.4 cm³/mol. The van der Waals surface area contributed by atoms with E-state index in [1.807, 2.05) is 6.26 Å². The van der Waals surface area contributed by atoms with Crippen LogP contribution in [-0.4, -0.2) is 53.7 Å². The zero-order chi connectivity index (χ0) is 17.7. The molecule has 130 valence electrons. The van der Waals surface area contributed by atoms with E-state index in [0.29, 0.717) is 18.5 Å². The summed E-state index contributed by atoms with van der Waals surface area (Å²) in [6.45, 7) is 0.836. The number of carboxylic acid groups (broad SMARTS) is 1. The molecule has 0 aromatic heterocycles. The van der Waals surface area contributed by atoms with Crippen LogP contribution in [-0.2, 0) is 14.3 Å². The van der Waals surface area contributed by atoms with Gasteiger partial charge in [-0.25, -0.2) is 14.0 Å². The van der Waals surface area contributed by atoms with Gasteiger partial charge in [-0.2, -0.15) is 11.8 Å². The average molecular weight is 353 g/mol. The van der Waals surface area contributed by atoms with E-state index < -0.39 is 23.8 Å². The lowest BCUT2D eigenvalue weighted by atomic mass is 9.98. The number of aliphatic carboxylic acids is 1. The molecule has 0 spiro atoms. The molecule has 1 aliphatic heterocycles. The lowest BCUT2D eigenvalue weighted by Crippen LogP contribution is -2.43. The monoisotopic (exact) mass is 353 g/mol. The van der Waals surface area contributed by atoms with E-state index in [0.717, 1.165) is 0 Å². The van der Waals surface area contributed by atoms with Crippen molar-refractivity contribution >= 4 is 23.7 Å². The van der Waals surface area contributed by atoms with E-state index in [1.54, 1.807) is 34.9 Å². The molecule has 0 amide bonds. The fourth-order valence-corrected chi connectivity index (χ4v) is 3.74. The van der Waals surface area contributed by atoms with Gasteiger partial charge in [0.1, 0.15) is 11.9 Å². The Bertz CT molecular complexity index is 649. The smallest absolute Gasteiger partial charge is 0.328 e. The molecule has 1 aliphatic rings. The van der Waals surface area contributed by atoms with Crippen LogP contribution in [0.3, 0.4) is 0 Å². The first-order valence-electron chi connectivity index (χ1n) is 7.50. The molecular formula is C17H20FNO4S. The summed E-state index contributed by atoms with van der Waals surface area (Å²) in [6, 6.07) is 5.18. The zero-order valence-electron chi connectivity index (χ0n) is 13.6. The summed E-state index contributed by atoms with van der Waals surface area (Å²) in [5.41, 5.74) is 0.952. The highest BCUT2D eigenvalue weighted by atomic mass is 32.2. The van der Waals surface area contributed by atoms with Crippen molar-refractivity contribution in [2.75, 3.05) is 26.5 Å². The Balaban J connectivity index is 2.36. The summed E-state index contributed by atoms with van der Waals surface area (Å²) in [5, 5.41) is 9.14. The number of methoxy groups -OCH3 is 1. The lowest BCUT2D eigenvalue weighted by Gasteiger charge is -2.37.